The number of amidine groups is 4. The predicted octanol–water partition coefficient (Wildman–Crippen LogP) is 12.6. The number of fused-ring (bicyclic) bond motifs is 12. The van der Waals surface area contributed by atoms with E-state index in [4.69, 9.17) is 20.0 Å². The Kier molecular flexibility index (Phi) is 18.7. The van der Waals surface area contributed by atoms with Gasteiger partial charge in [0, 0.05) is 0 Å². The summed E-state index contributed by atoms with van der Waals surface area (Å²) in [5.74, 6) is -3.38. The number of aliphatic imine (C=N–C) groups is 2. The SMILES string of the molecule is Cc1ccc(S(=O)(=O)Nc2cc3c(cc2NS(=O)(=O)c2ccc(C)cc2)C2=[N+]4C3=Nc3c5cc(NS(=O)(=O)c6ccc(C)cc6)c(NS(=O)(=O)c6ccc(C)cc6)cc5c5n3C43n4c(c6cc(NS(=O)(=O)c7ccc(C)cc7)c(NS(=O)(=O)c7ccc(C)cc7)cc6c4=NC4=[N+]3C(=N5)c3cc(NS(=O)(=O)c5ccc(C)cc5)c(NS(=O)(=O)c5ccc(C)cc5)cc34)=N2)cc1. The predicted molar refractivity (Wildman–Crippen MR) is 489 cm³/mol. The normalized spacial score (nSPS) is 14.6. The van der Waals surface area contributed by atoms with Gasteiger partial charge in [0.25, 0.3) is 104 Å². The molecule has 2 aromatic heterocycles. The van der Waals surface area contributed by atoms with E-state index < -0.39 is 86.1 Å². The van der Waals surface area contributed by atoms with Crippen LogP contribution in [0, 0.1) is 55.4 Å². The second-order valence-electron chi connectivity index (χ2n) is 32.1. The number of nitrogens with zero attached hydrogens (tertiary/aromatic N) is 8. The highest BCUT2D eigenvalue weighted by Gasteiger charge is 2.70. The Labute approximate surface area is 740 Å². The first kappa shape index (κ1) is 83.2. The maximum Gasteiger partial charge on any atom is 0.404 e. The van der Waals surface area contributed by atoms with Gasteiger partial charge in [-0.1, -0.05) is 162 Å². The maximum absolute atomic E-state index is 15.2. The maximum atomic E-state index is 15.2. The molecule has 40 heteroatoms. The topological polar surface area (TPSA) is 435 Å². The summed E-state index contributed by atoms with van der Waals surface area (Å²) in [6.07, 6.45) is 0. The van der Waals surface area contributed by atoms with Crippen molar-refractivity contribution >= 4 is 182 Å². The van der Waals surface area contributed by atoms with E-state index in [1.165, 1.54) is 146 Å². The van der Waals surface area contributed by atoms with Crippen LogP contribution in [0.25, 0.3) is 21.5 Å². The molecule has 0 bridgehead atoms. The molecule has 8 N–H and O–H groups in total. The number of sulfonamides is 8. The van der Waals surface area contributed by atoms with Crippen molar-refractivity contribution in [2.75, 3.05) is 37.8 Å². The zero-order chi connectivity index (χ0) is 90.7. The molecule has 6 aliphatic rings. The van der Waals surface area contributed by atoms with Crippen LogP contribution in [0.15, 0.2) is 302 Å². The second kappa shape index (κ2) is 29.0. The molecule has 0 saturated carbocycles. The van der Waals surface area contributed by atoms with Crippen LogP contribution in [-0.2, 0) is 86.1 Å². The molecule has 129 heavy (non-hydrogen) atoms. The third kappa shape index (κ3) is 13.8. The van der Waals surface area contributed by atoms with Crippen LogP contribution in [0.3, 0.4) is 0 Å². The number of aromatic nitrogens is 2. The van der Waals surface area contributed by atoms with Crippen molar-refractivity contribution in [2.45, 2.75) is 100 Å². The second-order valence-corrected chi connectivity index (χ2v) is 45.6. The van der Waals surface area contributed by atoms with E-state index in [2.05, 4.69) is 37.8 Å². The number of rotatable bonds is 24. The summed E-state index contributed by atoms with van der Waals surface area (Å²) in [6.45, 7) is 14.0. The number of anilines is 8. The van der Waals surface area contributed by atoms with Crippen molar-refractivity contribution in [1.29, 1.82) is 0 Å². The average molecular weight is 1880 g/mol. The molecule has 32 nitrogen and oxygen atoms in total. The minimum Gasteiger partial charge on any atom is -0.277 e. The molecular weight excluding hydrogens is 1810 g/mol. The van der Waals surface area contributed by atoms with Gasteiger partial charge in [0.1, 0.15) is 0 Å². The molecule has 1 spiro atoms. The van der Waals surface area contributed by atoms with E-state index in [0.717, 1.165) is 0 Å². The molecule has 20 rings (SSSR count). The van der Waals surface area contributed by atoms with Crippen molar-refractivity contribution in [1.82, 2.24) is 9.13 Å². The zero-order valence-electron chi connectivity index (χ0n) is 69.0. The molecule has 0 amide bonds. The molecule has 0 unspecified atom stereocenters. The van der Waals surface area contributed by atoms with Gasteiger partial charge in [-0.05, 0) is 201 Å². The fourth-order valence-corrected chi connectivity index (χ4v) is 24.9. The molecule has 0 radical (unpaired) electrons. The summed E-state index contributed by atoms with van der Waals surface area (Å²) in [6, 6.07) is 57.3. The third-order valence-corrected chi connectivity index (χ3v) is 34.0. The van der Waals surface area contributed by atoms with Gasteiger partial charge in [0.15, 0.2) is 0 Å². The van der Waals surface area contributed by atoms with Gasteiger partial charge in [-0.15, -0.1) is 9.15 Å². The number of hydrogen-bond donors (Lipinski definition) is 8. The lowest BCUT2D eigenvalue weighted by molar-refractivity contribution is -0.790. The molecule has 0 saturated heterocycles. The molecule has 8 heterocycles. The highest BCUT2D eigenvalue weighted by Crippen LogP contribution is 2.56. The summed E-state index contributed by atoms with van der Waals surface area (Å²) in [5, 5.41) is -0.0210. The third-order valence-electron chi connectivity index (χ3n) is 22.9. The van der Waals surface area contributed by atoms with Crippen molar-refractivity contribution in [3.8, 4) is 0 Å². The Morgan fingerprint density at radius 3 is 0.605 bits per heavy atom. The van der Waals surface area contributed by atoms with Crippen LogP contribution in [0.4, 0.5) is 57.1 Å². The van der Waals surface area contributed by atoms with E-state index in [1.54, 1.807) is 171 Å². The number of nitrogens with one attached hydrogen (secondary N) is 8. The van der Waals surface area contributed by atoms with Crippen LogP contribution in [-0.4, -0.2) is 109 Å². The van der Waals surface area contributed by atoms with Gasteiger partial charge < -0.3 is 0 Å². The number of benzene rings is 12. The van der Waals surface area contributed by atoms with Crippen LogP contribution in [0.5, 0.6) is 0 Å². The van der Waals surface area contributed by atoms with E-state index in [1.807, 2.05) is 0 Å². The minimum absolute atomic E-state index is 0.00525. The largest absolute Gasteiger partial charge is 0.404 e. The Bertz CT molecular complexity index is 8200. The molecule has 6 aliphatic heterocycles. The quantitative estimate of drug-likeness (QED) is 0.0261. The van der Waals surface area contributed by atoms with Gasteiger partial charge in [-0.3, -0.25) is 37.8 Å². The van der Waals surface area contributed by atoms with Crippen LogP contribution in [0.1, 0.15) is 66.8 Å². The standard InChI is InChI=1S/C89H70N16O16S8/c1-49-9-25-57(26-10-49)122(106,107)94-73-41-65-66(42-74(73)95-123(108,109)58-27-11-50(2)12-28-58)82-91-84-69-45-77(98-126(114,115)61-33-17-53(5)18-34-61)78(99-127(116,117)62-35-19-54(6)20-36-62)46-70(69)86-93-88-72-48-80(101-129(120,121)64-39-23-56(8)24-40-64)79(100-128(118,119)63-37-21-55(7)22-38-63)47-71(72)87-92-85-68-44-76(97-125(112,113)60-31-15-52(4)16-32-60)75(96-124(110,111)59-29-13-51(3)14-30-59)43-67(68)83-90-81(65)102(82)89(103(83)85,104(84)86)105(87)88/h9-48H,1-8H3,(H6,90,91,92,93,94,95,96,97,98,99,100,101)/p+2. The summed E-state index contributed by atoms with van der Waals surface area (Å²) in [4.78, 5) is 20.3. The van der Waals surface area contributed by atoms with E-state index >= 15 is 67.3 Å². The van der Waals surface area contributed by atoms with Crippen LogP contribution < -0.4 is 48.8 Å². The highest BCUT2D eigenvalue weighted by molar-refractivity contribution is 7.95. The minimum atomic E-state index is -4.74. The van der Waals surface area contributed by atoms with Gasteiger partial charge in [-0.25, -0.2) is 67.3 Å². The lowest BCUT2D eigenvalue weighted by atomic mass is 10.1. The lowest BCUT2D eigenvalue weighted by Crippen LogP contribution is -2.71. The summed E-state index contributed by atoms with van der Waals surface area (Å²) in [5.41, 5.74) is 2.15. The molecule has 14 aromatic rings. The summed E-state index contributed by atoms with van der Waals surface area (Å²) < 4.78 is 271. The summed E-state index contributed by atoms with van der Waals surface area (Å²) >= 11 is 0. The molecule has 650 valence electrons. The Balaban J connectivity index is 0.949. The zero-order valence-corrected chi connectivity index (χ0v) is 75.5. The monoisotopic (exact) mass is 1880 g/mol. The van der Waals surface area contributed by atoms with Crippen molar-refractivity contribution in [3.05, 3.63) is 320 Å². The van der Waals surface area contributed by atoms with E-state index in [0.29, 0.717) is 44.5 Å². The number of hydrogen-bond acceptors (Lipinski definition) is 20. The van der Waals surface area contributed by atoms with Gasteiger partial charge in [0.05, 0.1) is 128 Å². The Morgan fingerprint density at radius 1 is 0.225 bits per heavy atom. The molecule has 0 atom stereocenters. The van der Waals surface area contributed by atoms with Crippen molar-refractivity contribution < 1.29 is 76.5 Å². The first-order valence-corrected chi connectivity index (χ1v) is 51.5. The van der Waals surface area contributed by atoms with Crippen molar-refractivity contribution in [3.63, 3.8) is 0 Å². The van der Waals surface area contributed by atoms with Gasteiger partial charge in [-0.2, -0.15) is 9.13 Å². The van der Waals surface area contributed by atoms with E-state index in [9.17, 15) is 0 Å². The number of aryl methyl sites for hydroxylation is 8. The smallest absolute Gasteiger partial charge is 0.277 e. The molecule has 0 fully saturated rings. The fraction of sp³-hybridized carbons (Fsp3) is 0.101. The molecular formula is C89H72N16O16S8+2. The average Bonchev–Trinajstić information content (AvgIpc) is 1.46. The van der Waals surface area contributed by atoms with Gasteiger partial charge in [0.2, 0.25) is 22.6 Å². The van der Waals surface area contributed by atoms with Gasteiger partial charge >= 0.3 is 5.91 Å². The first-order valence-electron chi connectivity index (χ1n) is 39.6. The van der Waals surface area contributed by atoms with Crippen LogP contribution >= 0.6 is 0 Å². The van der Waals surface area contributed by atoms with E-state index in [-0.39, 0.29) is 174 Å². The Hall–Kier alpha value is -14.0. The summed E-state index contributed by atoms with van der Waals surface area (Å²) in [7, 11) is -37.9. The molecule has 12 aromatic carbocycles. The van der Waals surface area contributed by atoms with Crippen molar-refractivity contribution in [2.24, 2.45) is 20.0 Å². The van der Waals surface area contributed by atoms with Crippen LogP contribution in [0.2, 0.25) is 0 Å². The molecule has 0 aliphatic carbocycles. The first-order chi connectivity index (χ1) is 61.0. The highest BCUT2D eigenvalue weighted by atomic mass is 32.2. The lowest BCUT2D eigenvalue weighted by Gasteiger charge is -2.40. The Morgan fingerprint density at radius 2 is 0.403 bits per heavy atom. The fourth-order valence-electron chi connectivity index (χ4n) is 16.3.